The molecule has 4 nitrogen and oxygen atoms in total. The molecule has 2 heterocycles. The Morgan fingerprint density at radius 3 is 2.96 bits per heavy atom. The number of ether oxygens (including phenoxy) is 1. The Morgan fingerprint density at radius 1 is 1.43 bits per heavy atom. The molecule has 23 heavy (non-hydrogen) atoms. The number of hydrogen-bond acceptors (Lipinski definition) is 5. The smallest absolute Gasteiger partial charge is 0.340 e. The first-order chi connectivity index (χ1) is 11.1. The van der Waals surface area contributed by atoms with Gasteiger partial charge in [-0.1, -0.05) is 6.07 Å². The molecule has 0 N–H and O–H groups in total. The van der Waals surface area contributed by atoms with E-state index in [1.807, 2.05) is 5.38 Å². The zero-order chi connectivity index (χ0) is 16.4. The SMILES string of the molecule is COC(=O)c1ccc(-c2csc(N3CCCC[C@H]3C)n2)cc1F. The third-order valence-corrected chi connectivity index (χ3v) is 5.09. The van der Waals surface area contributed by atoms with Crippen molar-refractivity contribution in [1.29, 1.82) is 0 Å². The second-order valence-corrected chi connectivity index (χ2v) is 6.58. The summed E-state index contributed by atoms with van der Waals surface area (Å²) < 4.78 is 18.6. The maximum Gasteiger partial charge on any atom is 0.340 e. The van der Waals surface area contributed by atoms with Crippen LogP contribution in [0.4, 0.5) is 9.52 Å². The van der Waals surface area contributed by atoms with E-state index in [0.29, 0.717) is 11.6 Å². The summed E-state index contributed by atoms with van der Waals surface area (Å²) in [6.45, 7) is 3.23. The molecule has 1 atom stereocenters. The van der Waals surface area contributed by atoms with Crippen molar-refractivity contribution < 1.29 is 13.9 Å². The van der Waals surface area contributed by atoms with E-state index in [1.165, 1.54) is 38.5 Å². The van der Waals surface area contributed by atoms with Crippen LogP contribution in [0.25, 0.3) is 11.3 Å². The number of methoxy groups -OCH3 is 1. The molecule has 0 spiro atoms. The molecule has 122 valence electrons. The number of anilines is 1. The molecular formula is C17H19FN2O2S. The van der Waals surface area contributed by atoms with Gasteiger partial charge in [-0.05, 0) is 38.3 Å². The van der Waals surface area contributed by atoms with E-state index in [4.69, 9.17) is 0 Å². The van der Waals surface area contributed by atoms with Crippen molar-refractivity contribution in [1.82, 2.24) is 4.98 Å². The van der Waals surface area contributed by atoms with Gasteiger partial charge in [0.15, 0.2) is 5.13 Å². The average Bonchev–Trinajstić information content (AvgIpc) is 3.04. The van der Waals surface area contributed by atoms with Crippen LogP contribution in [0, 0.1) is 5.82 Å². The lowest BCUT2D eigenvalue weighted by molar-refractivity contribution is 0.0595. The second-order valence-electron chi connectivity index (χ2n) is 5.74. The molecule has 0 aliphatic carbocycles. The van der Waals surface area contributed by atoms with E-state index in [0.717, 1.165) is 17.4 Å². The first-order valence-corrected chi connectivity index (χ1v) is 8.58. The summed E-state index contributed by atoms with van der Waals surface area (Å²) in [4.78, 5) is 18.4. The summed E-state index contributed by atoms with van der Waals surface area (Å²) >= 11 is 1.58. The van der Waals surface area contributed by atoms with Crippen molar-refractivity contribution in [3.63, 3.8) is 0 Å². The summed E-state index contributed by atoms with van der Waals surface area (Å²) in [5.74, 6) is -1.26. The minimum Gasteiger partial charge on any atom is -0.465 e. The Hall–Kier alpha value is -1.95. The maximum absolute atomic E-state index is 14.1. The van der Waals surface area contributed by atoms with E-state index < -0.39 is 11.8 Å². The van der Waals surface area contributed by atoms with Crippen molar-refractivity contribution in [2.24, 2.45) is 0 Å². The third-order valence-electron chi connectivity index (χ3n) is 4.21. The molecule has 1 saturated heterocycles. The fourth-order valence-corrected chi connectivity index (χ4v) is 3.82. The number of carbonyl (C=O) groups excluding carboxylic acids is 1. The van der Waals surface area contributed by atoms with Crippen LogP contribution in [0.2, 0.25) is 0 Å². The molecule has 1 fully saturated rings. The van der Waals surface area contributed by atoms with E-state index in [2.05, 4.69) is 21.5 Å². The lowest BCUT2D eigenvalue weighted by Gasteiger charge is -2.33. The number of nitrogens with zero attached hydrogens (tertiary/aromatic N) is 2. The molecule has 0 unspecified atom stereocenters. The molecule has 0 saturated carbocycles. The largest absolute Gasteiger partial charge is 0.465 e. The van der Waals surface area contributed by atoms with Crippen LogP contribution < -0.4 is 4.90 Å². The number of hydrogen-bond donors (Lipinski definition) is 0. The second kappa shape index (κ2) is 6.66. The number of aromatic nitrogens is 1. The highest BCUT2D eigenvalue weighted by Crippen LogP contribution is 2.32. The number of piperidine rings is 1. The van der Waals surface area contributed by atoms with Crippen molar-refractivity contribution in [3.05, 3.63) is 35.0 Å². The number of rotatable bonds is 3. The summed E-state index contributed by atoms with van der Waals surface area (Å²) in [6, 6.07) is 4.97. The lowest BCUT2D eigenvalue weighted by Crippen LogP contribution is -2.37. The Labute approximate surface area is 138 Å². The average molecular weight is 334 g/mol. The van der Waals surface area contributed by atoms with E-state index in [9.17, 15) is 9.18 Å². The van der Waals surface area contributed by atoms with Crippen LogP contribution in [0.15, 0.2) is 23.6 Å². The quantitative estimate of drug-likeness (QED) is 0.792. The lowest BCUT2D eigenvalue weighted by atomic mass is 10.0. The van der Waals surface area contributed by atoms with Crippen LogP contribution in [0.5, 0.6) is 0 Å². The van der Waals surface area contributed by atoms with Crippen molar-refractivity contribution in [2.75, 3.05) is 18.6 Å². The predicted octanol–water partition coefficient (Wildman–Crippen LogP) is 4.11. The fraction of sp³-hybridized carbons (Fsp3) is 0.412. The van der Waals surface area contributed by atoms with Gasteiger partial charge in [0, 0.05) is 23.5 Å². The predicted molar refractivity (Wildman–Crippen MR) is 89.5 cm³/mol. The maximum atomic E-state index is 14.1. The van der Waals surface area contributed by atoms with Gasteiger partial charge in [0.05, 0.1) is 18.4 Å². The molecular weight excluding hydrogens is 315 g/mol. The summed E-state index contributed by atoms with van der Waals surface area (Å²) in [5.41, 5.74) is 1.34. The van der Waals surface area contributed by atoms with Gasteiger partial charge in [0.25, 0.3) is 0 Å². The highest BCUT2D eigenvalue weighted by Gasteiger charge is 2.21. The summed E-state index contributed by atoms with van der Waals surface area (Å²) in [5, 5.41) is 2.91. The van der Waals surface area contributed by atoms with Gasteiger partial charge in [-0.15, -0.1) is 11.3 Å². The number of benzene rings is 1. The minimum absolute atomic E-state index is 0.0589. The molecule has 2 aromatic rings. The normalized spacial score (nSPS) is 18.0. The van der Waals surface area contributed by atoms with Gasteiger partial charge < -0.3 is 9.64 Å². The molecule has 1 aliphatic rings. The van der Waals surface area contributed by atoms with Crippen LogP contribution in [-0.2, 0) is 4.74 Å². The first kappa shape index (κ1) is 15.9. The number of esters is 1. The van der Waals surface area contributed by atoms with Gasteiger partial charge in [0.2, 0.25) is 0 Å². The third kappa shape index (κ3) is 3.22. The van der Waals surface area contributed by atoms with E-state index in [1.54, 1.807) is 17.4 Å². The molecule has 6 heteroatoms. The van der Waals surface area contributed by atoms with Crippen LogP contribution in [0.3, 0.4) is 0 Å². The monoisotopic (exact) mass is 334 g/mol. The molecule has 1 aromatic heterocycles. The topological polar surface area (TPSA) is 42.4 Å². The standard InChI is InChI=1S/C17H19FN2O2S/c1-11-5-3-4-8-20(11)17-19-15(10-23-17)12-6-7-13(14(18)9-12)16(21)22-2/h6-7,9-11H,3-5,8H2,1-2H3/t11-/m1/s1. The van der Waals surface area contributed by atoms with Crippen LogP contribution in [-0.4, -0.2) is 30.6 Å². The Morgan fingerprint density at radius 2 is 2.26 bits per heavy atom. The zero-order valence-electron chi connectivity index (χ0n) is 13.2. The van der Waals surface area contributed by atoms with Gasteiger partial charge >= 0.3 is 5.97 Å². The van der Waals surface area contributed by atoms with Gasteiger partial charge in [-0.3, -0.25) is 0 Å². The molecule has 1 aliphatic heterocycles. The van der Waals surface area contributed by atoms with Gasteiger partial charge in [-0.25, -0.2) is 14.2 Å². The number of halogens is 1. The van der Waals surface area contributed by atoms with E-state index >= 15 is 0 Å². The molecule has 0 radical (unpaired) electrons. The van der Waals surface area contributed by atoms with Gasteiger partial charge in [0.1, 0.15) is 5.82 Å². The van der Waals surface area contributed by atoms with Crippen LogP contribution in [0.1, 0.15) is 36.5 Å². The highest BCUT2D eigenvalue weighted by molar-refractivity contribution is 7.14. The van der Waals surface area contributed by atoms with Crippen LogP contribution >= 0.6 is 11.3 Å². The number of thiazole rings is 1. The van der Waals surface area contributed by atoms with Crippen molar-refractivity contribution >= 4 is 22.4 Å². The molecule has 3 rings (SSSR count). The molecule has 0 bridgehead atoms. The number of carbonyl (C=O) groups is 1. The first-order valence-electron chi connectivity index (χ1n) is 7.70. The Kier molecular flexibility index (Phi) is 4.61. The fourth-order valence-electron chi connectivity index (χ4n) is 2.86. The van der Waals surface area contributed by atoms with Crippen molar-refractivity contribution in [3.8, 4) is 11.3 Å². The Balaban J connectivity index is 1.85. The summed E-state index contributed by atoms with van der Waals surface area (Å²) in [7, 11) is 1.24. The van der Waals surface area contributed by atoms with E-state index in [-0.39, 0.29) is 5.56 Å². The van der Waals surface area contributed by atoms with Crippen molar-refractivity contribution in [2.45, 2.75) is 32.2 Å². The van der Waals surface area contributed by atoms with Gasteiger partial charge in [-0.2, -0.15) is 0 Å². The minimum atomic E-state index is -0.671. The zero-order valence-corrected chi connectivity index (χ0v) is 14.0. The summed E-state index contributed by atoms with van der Waals surface area (Å²) in [6.07, 6.45) is 3.62. The molecule has 1 aromatic carbocycles. The highest BCUT2D eigenvalue weighted by atomic mass is 32.1. The molecule has 0 amide bonds. The Bertz CT molecular complexity index is 716.